The van der Waals surface area contributed by atoms with Crippen LogP contribution in [0, 0.1) is 12.8 Å². The molecule has 1 N–H and O–H groups in total. The van der Waals surface area contributed by atoms with E-state index >= 15 is 0 Å². The lowest BCUT2D eigenvalue weighted by Crippen LogP contribution is -2.18. The topological polar surface area (TPSA) is 42.4 Å². The van der Waals surface area contributed by atoms with Gasteiger partial charge in [0.2, 0.25) is 0 Å². The molecule has 0 amide bonds. The summed E-state index contributed by atoms with van der Waals surface area (Å²) in [7, 11) is 0. The van der Waals surface area contributed by atoms with Crippen LogP contribution in [-0.2, 0) is 4.74 Å². The van der Waals surface area contributed by atoms with Crippen molar-refractivity contribution in [1.29, 1.82) is 0 Å². The van der Waals surface area contributed by atoms with Crippen LogP contribution in [0.15, 0.2) is 30.3 Å². The number of benzene rings is 1. The lowest BCUT2D eigenvalue weighted by atomic mass is 9.90. The molecule has 1 aliphatic rings. The van der Waals surface area contributed by atoms with Crippen LogP contribution in [0.2, 0.25) is 0 Å². The molecule has 0 spiro atoms. The molecule has 0 radical (unpaired) electrons. The minimum atomic E-state index is -0.412. The molecule has 2 aromatic rings. The molecule has 1 atom stereocenters. The summed E-state index contributed by atoms with van der Waals surface area (Å²) in [6.07, 6.45) is 2.51. The standard InChI is InChI=1S/C17H21NO2/c1-12-10-15(14-4-2-3-5-16(14)18-12)17(19)11-13-6-8-20-9-7-13/h2-5,10,13,17,19H,6-9,11H2,1H3. The largest absolute Gasteiger partial charge is 0.388 e. The fraction of sp³-hybridized carbons (Fsp3) is 0.471. The first kappa shape index (κ1) is 13.5. The monoisotopic (exact) mass is 271 g/mol. The first-order valence-electron chi connectivity index (χ1n) is 7.36. The van der Waals surface area contributed by atoms with Crippen molar-refractivity contribution in [3.05, 3.63) is 41.6 Å². The lowest BCUT2D eigenvalue weighted by Gasteiger charge is -2.25. The highest BCUT2D eigenvalue weighted by Crippen LogP contribution is 2.31. The highest BCUT2D eigenvalue weighted by atomic mass is 16.5. The summed E-state index contributed by atoms with van der Waals surface area (Å²) in [5.74, 6) is 0.561. The van der Waals surface area contributed by atoms with E-state index in [1.165, 1.54) is 0 Å². The van der Waals surface area contributed by atoms with Crippen LogP contribution in [0.1, 0.15) is 36.6 Å². The molecule has 1 fully saturated rings. The number of aryl methyl sites for hydroxylation is 1. The van der Waals surface area contributed by atoms with Gasteiger partial charge in [-0.15, -0.1) is 0 Å². The van der Waals surface area contributed by atoms with E-state index in [1.54, 1.807) is 0 Å². The molecule has 3 nitrogen and oxygen atoms in total. The van der Waals surface area contributed by atoms with Gasteiger partial charge in [0.05, 0.1) is 11.6 Å². The number of fused-ring (bicyclic) bond motifs is 1. The zero-order valence-corrected chi connectivity index (χ0v) is 11.9. The van der Waals surface area contributed by atoms with Crippen LogP contribution in [0.25, 0.3) is 10.9 Å². The van der Waals surface area contributed by atoms with Gasteiger partial charge in [-0.05, 0) is 49.8 Å². The zero-order valence-electron chi connectivity index (χ0n) is 11.9. The third kappa shape index (κ3) is 2.84. The van der Waals surface area contributed by atoms with Crippen LogP contribution in [0.5, 0.6) is 0 Å². The quantitative estimate of drug-likeness (QED) is 0.930. The smallest absolute Gasteiger partial charge is 0.0799 e. The van der Waals surface area contributed by atoms with Gasteiger partial charge < -0.3 is 9.84 Å². The summed E-state index contributed by atoms with van der Waals surface area (Å²) in [6.45, 7) is 3.64. The molecule has 1 unspecified atom stereocenters. The van der Waals surface area contributed by atoms with Gasteiger partial charge in [-0.1, -0.05) is 18.2 Å². The van der Waals surface area contributed by atoms with Gasteiger partial charge in [-0.2, -0.15) is 0 Å². The number of aliphatic hydroxyl groups is 1. The fourth-order valence-electron chi connectivity index (χ4n) is 3.04. The molecule has 106 valence electrons. The average molecular weight is 271 g/mol. The van der Waals surface area contributed by atoms with Crippen molar-refractivity contribution in [2.24, 2.45) is 5.92 Å². The first-order chi connectivity index (χ1) is 9.74. The number of nitrogens with zero attached hydrogens (tertiary/aromatic N) is 1. The number of rotatable bonds is 3. The van der Waals surface area contributed by atoms with E-state index in [9.17, 15) is 5.11 Å². The van der Waals surface area contributed by atoms with Crippen molar-refractivity contribution in [1.82, 2.24) is 4.98 Å². The number of ether oxygens (including phenoxy) is 1. The van der Waals surface area contributed by atoms with Gasteiger partial charge in [0.25, 0.3) is 0 Å². The molecule has 1 aromatic carbocycles. The van der Waals surface area contributed by atoms with Crippen molar-refractivity contribution in [2.75, 3.05) is 13.2 Å². The Morgan fingerprint density at radius 2 is 2.05 bits per heavy atom. The number of hydrogen-bond acceptors (Lipinski definition) is 3. The molecule has 3 rings (SSSR count). The highest BCUT2D eigenvalue weighted by molar-refractivity contribution is 5.82. The molecule has 3 heteroatoms. The maximum atomic E-state index is 10.6. The van der Waals surface area contributed by atoms with E-state index < -0.39 is 6.10 Å². The highest BCUT2D eigenvalue weighted by Gasteiger charge is 2.20. The Balaban J connectivity index is 1.88. The number of pyridine rings is 1. The molecular weight excluding hydrogens is 250 g/mol. The molecule has 0 saturated carbocycles. The molecular formula is C17H21NO2. The number of aliphatic hydroxyl groups excluding tert-OH is 1. The van der Waals surface area contributed by atoms with Crippen LogP contribution < -0.4 is 0 Å². The SMILES string of the molecule is Cc1cc(C(O)CC2CCOCC2)c2ccccc2n1. The summed E-state index contributed by atoms with van der Waals surface area (Å²) >= 11 is 0. The van der Waals surface area contributed by atoms with Crippen molar-refractivity contribution in [3.8, 4) is 0 Å². The van der Waals surface area contributed by atoms with Crippen molar-refractivity contribution >= 4 is 10.9 Å². The molecule has 1 aliphatic heterocycles. The Bertz CT molecular complexity index is 591. The third-order valence-corrected chi connectivity index (χ3v) is 4.13. The predicted molar refractivity (Wildman–Crippen MR) is 79.6 cm³/mol. The number of para-hydroxylation sites is 1. The second-order valence-corrected chi connectivity index (χ2v) is 5.68. The van der Waals surface area contributed by atoms with E-state index in [0.717, 1.165) is 54.6 Å². The van der Waals surface area contributed by atoms with Gasteiger partial charge in [0.1, 0.15) is 0 Å². The summed E-state index contributed by atoms with van der Waals surface area (Å²) < 4.78 is 5.38. The summed E-state index contributed by atoms with van der Waals surface area (Å²) in [4.78, 5) is 4.53. The maximum Gasteiger partial charge on any atom is 0.0799 e. The second kappa shape index (κ2) is 5.90. The second-order valence-electron chi connectivity index (χ2n) is 5.68. The van der Waals surface area contributed by atoms with E-state index in [2.05, 4.69) is 4.98 Å². The van der Waals surface area contributed by atoms with Gasteiger partial charge in [0, 0.05) is 24.3 Å². The van der Waals surface area contributed by atoms with Crippen molar-refractivity contribution in [3.63, 3.8) is 0 Å². The summed E-state index contributed by atoms with van der Waals surface area (Å²) in [5, 5.41) is 11.7. The lowest BCUT2D eigenvalue weighted by molar-refractivity contribution is 0.0437. The molecule has 0 aliphatic carbocycles. The zero-order chi connectivity index (χ0) is 13.9. The normalized spacial score (nSPS) is 18.3. The fourth-order valence-corrected chi connectivity index (χ4v) is 3.04. The van der Waals surface area contributed by atoms with Gasteiger partial charge in [-0.25, -0.2) is 0 Å². The number of aromatic nitrogens is 1. The maximum absolute atomic E-state index is 10.6. The van der Waals surface area contributed by atoms with E-state index in [-0.39, 0.29) is 0 Å². The predicted octanol–water partition coefficient (Wildman–Crippen LogP) is 3.39. The van der Waals surface area contributed by atoms with E-state index in [1.807, 2.05) is 37.3 Å². The van der Waals surface area contributed by atoms with Crippen LogP contribution in [-0.4, -0.2) is 23.3 Å². The van der Waals surface area contributed by atoms with Gasteiger partial charge in [0.15, 0.2) is 0 Å². The van der Waals surface area contributed by atoms with Crippen LogP contribution >= 0.6 is 0 Å². The Kier molecular flexibility index (Phi) is 3.99. The van der Waals surface area contributed by atoms with E-state index in [4.69, 9.17) is 4.74 Å². The first-order valence-corrected chi connectivity index (χ1v) is 7.36. The minimum absolute atomic E-state index is 0.412. The van der Waals surface area contributed by atoms with Crippen LogP contribution in [0.3, 0.4) is 0 Å². The van der Waals surface area contributed by atoms with E-state index in [0.29, 0.717) is 5.92 Å². The molecule has 1 saturated heterocycles. The van der Waals surface area contributed by atoms with Gasteiger partial charge in [-0.3, -0.25) is 4.98 Å². The van der Waals surface area contributed by atoms with Crippen molar-refractivity contribution in [2.45, 2.75) is 32.3 Å². The molecule has 20 heavy (non-hydrogen) atoms. The van der Waals surface area contributed by atoms with Crippen LogP contribution in [0.4, 0.5) is 0 Å². The average Bonchev–Trinajstić information content (AvgIpc) is 2.47. The molecule has 1 aromatic heterocycles. The molecule has 2 heterocycles. The number of hydrogen-bond donors (Lipinski definition) is 1. The Morgan fingerprint density at radius 1 is 1.30 bits per heavy atom. The Morgan fingerprint density at radius 3 is 2.85 bits per heavy atom. The summed E-state index contributed by atoms with van der Waals surface area (Å²) in [5.41, 5.74) is 2.94. The third-order valence-electron chi connectivity index (χ3n) is 4.13. The summed E-state index contributed by atoms with van der Waals surface area (Å²) in [6, 6.07) is 10.1. The van der Waals surface area contributed by atoms with Gasteiger partial charge >= 0.3 is 0 Å². The van der Waals surface area contributed by atoms with Crippen molar-refractivity contribution < 1.29 is 9.84 Å². The minimum Gasteiger partial charge on any atom is -0.388 e. The molecule has 0 bridgehead atoms. The Hall–Kier alpha value is -1.45. The Labute approximate surface area is 119 Å².